The van der Waals surface area contributed by atoms with E-state index in [0.717, 1.165) is 22.2 Å². The lowest BCUT2D eigenvalue weighted by Gasteiger charge is -2.09. The van der Waals surface area contributed by atoms with E-state index in [4.69, 9.17) is 4.74 Å². The van der Waals surface area contributed by atoms with Gasteiger partial charge in [0.25, 0.3) is 0 Å². The van der Waals surface area contributed by atoms with Gasteiger partial charge in [0, 0.05) is 18.0 Å². The van der Waals surface area contributed by atoms with Crippen LogP contribution in [0.4, 0.5) is 4.39 Å². The molecule has 0 unspecified atom stereocenters. The fourth-order valence-electron chi connectivity index (χ4n) is 3.39. The molecule has 4 heteroatoms. The maximum absolute atomic E-state index is 13.8. The highest BCUT2D eigenvalue weighted by molar-refractivity contribution is 6.14. The van der Waals surface area contributed by atoms with Gasteiger partial charge in [0.2, 0.25) is 5.78 Å². The summed E-state index contributed by atoms with van der Waals surface area (Å²) in [6.07, 6.45) is 0. The Balaban J connectivity index is 1.78. The van der Waals surface area contributed by atoms with Crippen molar-refractivity contribution in [1.29, 1.82) is 0 Å². The van der Waals surface area contributed by atoms with Crippen LogP contribution in [0, 0.1) is 5.82 Å². The lowest BCUT2D eigenvalue weighted by molar-refractivity contribution is 0.0921. The molecule has 1 heterocycles. The third kappa shape index (κ3) is 3.10. The van der Waals surface area contributed by atoms with Crippen LogP contribution in [-0.2, 0) is 7.05 Å². The third-order valence-electron chi connectivity index (χ3n) is 4.63. The zero-order valence-electron chi connectivity index (χ0n) is 14.9. The zero-order valence-corrected chi connectivity index (χ0v) is 14.9. The molecule has 0 N–H and O–H groups in total. The lowest BCUT2D eigenvalue weighted by atomic mass is 10.0. The quantitative estimate of drug-likeness (QED) is 0.456. The first-order chi connectivity index (χ1) is 13.2. The Morgan fingerprint density at radius 1 is 0.926 bits per heavy atom. The molecule has 0 spiro atoms. The fourth-order valence-corrected chi connectivity index (χ4v) is 3.39. The van der Waals surface area contributed by atoms with Gasteiger partial charge in [-0.2, -0.15) is 0 Å². The maximum atomic E-state index is 13.8. The summed E-state index contributed by atoms with van der Waals surface area (Å²) in [5.74, 6) is -0.590. The molecule has 3 aromatic carbocycles. The van der Waals surface area contributed by atoms with Crippen molar-refractivity contribution in [3.63, 3.8) is 0 Å². The van der Waals surface area contributed by atoms with Crippen LogP contribution in [0.1, 0.15) is 10.4 Å². The predicted molar refractivity (Wildman–Crippen MR) is 105 cm³/mol. The molecule has 0 amide bonds. The molecule has 0 atom stereocenters. The highest BCUT2D eigenvalue weighted by atomic mass is 19.1. The van der Waals surface area contributed by atoms with Crippen molar-refractivity contribution in [2.75, 3.05) is 6.61 Å². The number of Topliss-reactive ketones (excluding diaryl/α,β-unsaturated/α-hetero) is 1. The van der Waals surface area contributed by atoms with Crippen molar-refractivity contribution >= 4 is 16.7 Å². The van der Waals surface area contributed by atoms with Crippen LogP contribution in [0.25, 0.3) is 22.2 Å². The number of fused-ring (bicyclic) bond motifs is 1. The van der Waals surface area contributed by atoms with Crippen molar-refractivity contribution in [3.05, 3.63) is 90.2 Å². The number of aromatic nitrogens is 1. The topological polar surface area (TPSA) is 31.2 Å². The number of halogens is 1. The molecule has 0 aliphatic carbocycles. The summed E-state index contributed by atoms with van der Waals surface area (Å²) >= 11 is 0. The van der Waals surface area contributed by atoms with Crippen LogP contribution < -0.4 is 4.74 Å². The number of carbonyl (C=O) groups is 1. The van der Waals surface area contributed by atoms with Crippen LogP contribution in [-0.4, -0.2) is 17.0 Å². The standard InChI is InChI=1S/C23H18FNO2/c1-25-19-13-7-5-11-17(19)22(23(25)16-9-3-2-4-10-16)20(26)15-27-21-14-8-6-12-18(21)24/h2-14H,15H2,1H3. The molecular formula is C23H18FNO2. The molecule has 27 heavy (non-hydrogen) atoms. The minimum absolute atomic E-state index is 0.0762. The first kappa shape index (κ1) is 17.0. The number of nitrogens with zero attached hydrogens (tertiary/aromatic N) is 1. The third-order valence-corrected chi connectivity index (χ3v) is 4.63. The average Bonchev–Trinajstić information content (AvgIpc) is 3.01. The first-order valence-electron chi connectivity index (χ1n) is 8.70. The molecule has 0 aliphatic rings. The summed E-state index contributed by atoms with van der Waals surface area (Å²) < 4.78 is 21.3. The predicted octanol–water partition coefficient (Wildman–Crippen LogP) is 5.25. The molecule has 0 bridgehead atoms. The van der Waals surface area contributed by atoms with Crippen LogP contribution in [0.5, 0.6) is 5.75 Å². The smallest absolute Gasteiger partial charge is 0.203 e. The van der Waals surface area contributed by atoms with Gasteiger partial charge in [-0.05, 0) is 23.8 Å². The average molecular weight is 359 g/mol. The Morgan fingerprint density at radius 2 is 1.59 bits per heavy atom. The normalized spacial score (nSPS) is 10.9. The summed E-state index contributed by atoms with van der Waals surface area (Å²) in [6.45, 7) is -0.227. The molecule has 3 nitrogen and oxygen atoms in total. The van der Waals surface area contributed by atoms with Crippen molar-refractivity contribution in [1.82, 2.24) is 4.57 Å². The van der Waals surface area contributed by atoms with Gasteiger partial charge in [0.05, 0.1) is 11.3 Å². The molecule has 0 radical (unpaired) electrons. The van der Waals surface area contributed by atoms with E-state index >= 15 is 0 Å². The van der Waals surface area contributed by atoms with Gasteiger partial charge in [-0.3, -0.25) is 4.79 Å². The number of rotatable bonds is 5. The van der Waals surface area contributed by atoms with E-state index in [1.54, 1.807) is 12.1 Å². The molecule has 0 saturated carbocycles. The van der Waals surface area contributed by atoms with Crippen LogP contribution >= 0.6 is 0 Å². The fraction of sp³-hybridized carbons (Fsp3) is 0.0870. The van der Waals surface area contributed by atoms with E-state index < -0.39 is 5.82 Å². The van der Waals surface area contributed by atoms with Gasteiger partial charge in [0.15, 0.2) is 18.2 Å². The summed E-state index contributed by atoms with van der Waals surface area (Å²) in [5, 5.41) is 0.862. The summed E-state index contributed by atoms with van der Waals surface area (Å²) in [4.78, 5) is 13.1. The minimum Gasteiger partial charge on any atom is -0.482 e. The van der Waals surface area contributed by atoms with Crippen molar-refractivity contribution in [3.8, 4) is 17.0 Å². The molecule has 1 aromatic heterocycles. The highest BCUT2D eigenvalue weighted by Crippen LogP contribution is 2.33. The summed E-state index contributed by atoms with van der Waals surface area (Å²) in [7, 11) is 1.94. The maximum Gasteiger partial charge on any atom is 0.203 e. The summed E-state index contributed by atoms with van der Waals surface area (Å²) in [5.41, 5.74) is 3.34. The summed E-state index contributed by atoms with van der Waals surface area (Å²) in [6, 6.07) is 23.6. The van der Waals surface area contributed by atoms with E-state index in [2.05, 4.69) is 0 Å². The van der Waals surface area contributed by atoms with Gasteiger partial charge in [0.1, 0.15) is 0 Å². The number of hydrogen-bond donors (Lipinski definition) is 0. The van der Waals surface area contributed by atoms with E-state index in [1.807, 2.05) is 66.2 Å². The van der Waals surface area contributed by atoms with Gasteiger partial charge in [-0.25, -0.2) is 4.39 Å². The van der Waals surface area contributed by atoms with E-state index in [-0.39, 0.29) is 18.1 Å². The van der Waals surface area contributed by atoms with Gasteiger partial charge < -0.3 is 9.30 Å². The Bertz CT molecular complexity index is 1120. The SMILES string of the molecule is Cn1c(-c2ccccc2)c(C(=O)COc2ccccc2F)c2ccccc21. The van der Waals surface area contributed by atoms with Crippen molar-refractivity contribution < 1.29 is 13.9 Å². The largest absolute Gasteiger partial charge is 0.482 e. The number of aryl methyl sites for hydroxylation is 1. The monoisotopic (exact) mass is 359 g/mol. The number of benzene rings is 3. The van der Waals surface area contributed by atoms with E-state index in [0.29, 0.717) is 5.56 Å². The Labute approximate surface area is 156 Å². The molecule has 0 saturated heterocycles. The van der Waals surface area contributed by atoms with Crippen molar-refractivity contribution in [2.24, 2.45) is 7.05 Å². The molecule has 4 aromatic rings. The van der Waals surface area contributed by atoms with Crippen LogP contribution in [0.15, 0.2) is 78.9 Å². The zero-order chi connectivity index (χ0) is 18.8. The molecular weight excluding hydrogens is 341 g/mol. The number of ether oxygens (including phenoxy) is 1. The van der Waals surface area contributed by atoms with Crippen LogP contribution in [0.3, 0.4) is 0 Å². The second kappa shape index (κ2) is 7.08. The molecule has 134 valence electrons. The van der Waals surface area contributed by atoms with Gasteiger partial charge in [-0.1, -0.05) is 60.7 Å². The minimum atomic E-state index is -0.480. The van der Waals surface area contributed by atoms with Gasteiger partial charge in [-0.15, -0.1) is 0 Å². The van der Waals surface area contributed by atoms with E-state index in [1.165, 1.54) is 12.1 Å². The first-order valence-corrected chi connectivity index (χ1v) is 8.70. The Hall–Kier alpha value is -3.40. The Kier molecular flexibility index (Phi) is 4.47. The number of para-hydroxylation sites is 2. The van der Waals surface area contributed by atoms with E-state index in [9.17, 15) is 9.18 Å². The van der Waals surface area contributed by atoms with Crippen molar-refractivity contribution in [2.45, 2.75) is 0 Å². The van der Waals surface area contributed by atoms with Gasteiger partial charge >= 0.3 is 0 Å². The molecule has 0 aliphatic heterocycles. The molecule has 4 rings (SSSR count). The molecule has 0 fully saturated rings. The number of carbonyl (C=O) groups excluding carboxylic acids is 1. The number of ketones is 1. The second-order valence-electron chi connectivity index (χ2n) is 6.31. The Morgan fingerprint density at radius 3 is 2.37 bits per heavy atom. The number of hydrogen-bond acceptors (Lipinski definition) is 2. The van der Waals surface area contributed by atoms with Crippen LogP contribution in [0.2, 0.25) is 0 Å². The lowest BCUT2D eigenvalue weighted by Crippen LogP contribution is -2.13. The second-order valence-corrected chi connectivity index (χ2v) is 6.31. The highest BCUT2D eigenvalue weighted by Gasteiger charge is 2.22.